The summed E-state index contributed by atoms with van der Waals surface area (Å²) in [7, 11) is 0. The first kappa shape index (κ1) is 15.1. The van der Waals surface area contributed by atoms with Crippen molar-refractivity contribution in [2.45, 2.75) is 27.3 Å². The SMILES string of the molecule is Cc1sc(C(=O)O)cc1CNCCOCC(C)C. The molecule has 0 radical (unpaired) electrons. The lowest BCUT2D eigenvalue weighted by Crippen LogP contribution is -2.20. The predicted octanol–water partition coefficient (Wildman–Crippen LogP) is 2.52. The third-order valence-electron chi connectivity index (χ3n) is 2.42. The second kappa shape index (κ2) is 7.51. The van der Waals surface area contributed by atoms with Gasteiger partial charge in [-0.3, -0.25) is 0 Å². The summed E-state index contributed by atoms with van der Waals surface area (Å²) in [5, 5.41) is 12.1. The van der Waals surface area contributed by atoms with Crippen LogP contribution in [0.1, 0.15) is 34.0 Å². The molecule has 0 aromatic carbocycles. The van der Waals surface area contributed by atoms with Gasteiger partial charge in [0.2, 0.25) is 0 Å². The summed E-state index contributed by atoms with van der Waals surface area (Å²) in [5.41, 5.74) is 1.06. The van der Waals surface area contributed by atoms with Gasteiger partial charge in [0, 0.05) is 24.6 Å². The van der Waals surface area contributed by atoms with Gasteiger partial charge in [0.1, 0.15) is 4.88 Å². The van der Waals surface area contributed by atoms with E-state index in [4.69, 9.17) is 9.84 Å². The van der Waals surface area contributed by atoms with E-state index in [9.17, 15) is 4.79 Å². The monoisotopic (exact) mass is 271 g/mol. The van der Waals surface area contributed by atoms with Gasteiger partial charge in [-0.25, -0.2) is 4.79 Å². The summed E-state index contributed by atoms with van der Waals surface area (Å²) in [6.07, 6.45) is 0. The van der Waals surface area contributed by atoms with Crippen molar-refractivity contribution in [1.82, 2.24) is 5.32 Å². The first-order valence-corrected chi connectivity index (χ1v) is 6.93. The van der Waals surface area contributed by atoms with Gasteiger partial charge < -0.3 is 15.2 Å². The Kier molecular flexibility index (Phi) is 6.32. The minimum Gasteiger partial charge on any atom is -0.477 e. The fourth-order valence-electron chi connectivity index (χ4n) is 1.49. The smallest absolute Gasteiger partial charge is 0.345 e. The quantitative estimate of drug-likeness (QED) is 0.713. The highest BCUT2D eigenvalue weighted by Gasteiger charge is 2.10. The van der Waals surface area contributed by atoms with Crippen LogP contribution in [0.25, 0.3) is 0 Å². The predicted molar refractivity (Wildman–Crippen MR) is 73.4 cm³/mol. The number of thiophene rings is 1. The van der Waals surface area contributed by atoms with E-state index < -0.39 is 5.97 Å². The molecule has 4 nitrogen and oxygen atoms in total. The van der Waals surface area contributed by atoms with Crippen molar-refractivity contribution in [3.05, 3.63) is 21.4 Å². The molecule has 1 aromatic heterocycles. The molecule has 0 aliphatic rings. The van der Waals surface area contributed by atoms with Crippen LogP contribution in [0.4, 0.5) is 0 Å². The van der Waals surface area contributed by atoms with E-state index >= 15 is 0 Å². The minimum atomic E-state index is -0.852. The van der Waals surface area contributed by atoms with Gasteiger partial charge in [-0.2, -0.15) is 0 Å². The first-order valence-electron chi connectivity index (χ1n) is 6.11. The Morgan fingerprint density at radius 3 is 2.83 bits per heavy atom. The summed E-state index contributed by atoms with van der Waals surface area (Å²) in [6, 6.07) is 1.74. The van der Waals surface area contributed by atoms with Gasteiger partial charge in [0.05, 0.1) is 6.61 Å². The Hall–Kier alpha value is -0.910. The van der Waals surface area contributed by atoms with Crippen molar-refractivity contribution in [3.8, 4) is 0 Å². The van der Waals surface area contributed by atoms with Gasteiger partial charge in [-0.1, -0.05) is 13.8 Å². The standard InChI is InChI=1S/C13H21NO3S/c1-9(2)8-17-5-4-14-7-11-6-12(13(15)16)18-10(11)3/h6,9,14H,4-5,7-8H2,1-3H3,(H,15,16). The van der Waals surface area contributed by atoms with Crippen LogP contribution in [-0.2, 0) is 11.3 Å². The maximum absolute atomic E-state index is 10.8. The fraction of sp³-hybridized carbons (Fsp3) is 0.615. The maximum atomic E-state index is 10.8. The van der Waals surface area contributed by atoms with E-state index in [0.29, 0.717) is 23.9 Å². The number of carboxylic acid groups (broad SMARTS) is 1. The molecule has 1 heterocycles. The molecule has 1 rings (SSSR count). The molecule has 2 N–H and O–H groups in total. The summed E-state index contributed by atoms with van der Waals surface area (Å²) in [5.74, 6) is -0.295. The summed E-state index contributed by atoms with van der Waals surface area (Å²) >= 11 is 1.32. The molecule has 102 valence electrons. The number of aryl methyl sites for hydroxylation is 1. The molecular formula is C13H21NO3S. The number of ether oxygens (including phenoxy) is 1. The lowest BCUT2D eigenvalue weighted by atomic mass is 10.2. The zero-order valence-electron chi connectivity index (χ0n) is 11.2. The first-order chi connectivity index (χ1) is 8.50. The highest BCUT2D eigenvalue weighted by molar-refractivity contribution is 7.14. The lowest BCUT2D eigenvalue weighted by molar-refractivity contribution is 0.0702. The third kappa shape index (κ3) is 5.16. The minimum absolute atomic E-state index is 0.403. The summed E-state index contributed by atoms with van der Waals surface area (Å²) in [6.45, 7) is 9.13. The summed E-state index contributed by atoms with van der Waals surface area (Å²) < 4.78 is 5.45. The molecule has 0 aliphatic heterocycles. The van der Waals surface area contributed by atoms with Gasteiger partial charge in [-0.05, 0) is 24.5 Å². The van der Waals surface area contributed by atoms with E-state index in [1.165, 1.54) is 11.3 Å². The van der Waals surface area contributed by atoms with Crippen molar-refractivity contribution >= 4 is 17.3 Å². The molecule has 0 aliphatic carbocycles. The molecule has 0 saturated heterocycles. The van der Waals surface area contributed by atoms with E-state index in [1.807, 2.05) is 6.92 Å². The highest BCUT2D eigenvalue weighted by Crippen LogP contribution is 2.21. The fourth-order valence-corrected chi connectivity index (χ4v) is 2.37. The normalized spacial score (nSPS) is 11.1. The van der Waals surface area contributed by atoms with Gasteiger partial charge in [-0.15, -0.1) is 11.3 Å². The number of aromatic carboxylic acids is 1. The van der Waals surface area contributed by atoms with E-state index in [1.54, 1.807) is 6.07 Å². The van der Waals surface area contributed by atoms with Crippen molar-refractivity contribution in [1.29, 1.82) is 0 Å². The molecule has 0 fully saturated rings. The maximum Gasteiger partial charge on any atom is 0.345 e. The van der Waals surface area contributed by atoms with Crippen molar-refractivity contribution in [2.75, 3.05) is 19.8 Å². The number of hydrogen-bond donors (Lipinski definition) is 2. The highest BCUT2D eigenvalue weighted by atomic mass is 32.1. The molecule has 0 atom stereocenters. The average Bonchev–Trinajstić information content (AvgIpc) is 2.65. The number of nitrogens with one attached hydrogen (secondary N) is 1. The molecule has 18 heavy (non-hydrogen) atoms. The largest absolute Gasteiger partial charge is 0.477 e. The zero-order valence-corrected chi connectivity index (χ0v) is 12.0. The number of hydrogen-bond acceptors (Lipinski definition) is 4. The van der Waals surface area contributed by atoms with Crippen molar-refractivity contribution in [3.63, 3.8) is 0 Å². The third-order valence-corrected chi connectivity index (χ3v) is 3.50. The van der Waals surface area contributed by atoms with Crippen LogP contribution in [0.2, 0.25) is 0 Å². The van der Waals surface area contributed by atoms with Gasteiger partial charge >= 0.3 is 5.97 Å². The summed E-state index contributed by atoms with van der Waals surface area (Å²) in [4.78, 5) is 12.3. The van der Waals surface area contributed by atoms with Crippen LogP contribution in [0, 0.1) is 12.8 Å². The van der Waals surface area contributed by atoms with Crippen LogP contribution in [-0.4, -0.2) is 30.8 Å². The van der Waals surface area contributed by atoms with Crippen molar-refractivity contribution in [2.24, 2.45) is 5.92 Å². The molecule has 0 spiro atoms. The number of carbonyl (C=O) groups is 1. The van der Waals surface area contributed by atoms with Crippen LogP contribution in [0.15, 0.2) is 6.07 Å². The molecule has 1 aromatic rings. The van der Waals surface area contributed by atoms with E-state index in [2.05, 4.69) is 19.2 Å². The topological polar surface area (TPSA) is 58.6 Å². The Morgan fingerprint density at radius 2 is 2.28 bits per heavy atom. The zero-order chi connectivity index (χ0) is 13.5. The Bertz CT molecular complexity index is 388. The second-order valence-corrected chi connectivity index (χ2v) is 5.90. The van der Waals surface area contributed by atoms with Gasteiger partial charge in [0.25, 0.3) is 0 Å². The number of carboxylic acids is 1. The van der Waals surface area contributed by atoms with E-state index in [-0.39, 0.29) is 0 Å². The van der Waals surface area contributed by atoms with Gasteiger partial charge in [0.15, 0.2) is 0 Å². The van der Waals surface area contributed by atoms with Crippen LogP contribution in [0.3, 0.4) is 0 Å². The molecule has 5 heteroatoms. The number of rotatable bonds is 8. The molecular weight excluding hydrogens is 250 g/mol. The van der Waals surface area contributed by atoms with Crippen LogP contribution >= 0.6 is 11.3 Å². The Labute approximate surface area is 112 Å². The van der Waals surface area contributed by atoms with E-state index in [0.717, 1.165) is 23.6 Å². The van der Waals surface area contributed by atoms with Crippen LogP contribution < -0.4 is 5.32 Å². The molecule has 0 bridgehead atoms. The Morgan fingerprint density at radius 1 is 1.56 bits per heavy atom. The molecule has 0 amide bonds. The average molecular weight is 271 g/mol. The molecule has 0 unspecified atom stereocenters. The van der Waals surface area contributed by atoms with Crippen molar-refractivity contribution < 1.29 is 14.6 Å². The lowest BCUT2D eigenvalue weighted by Gasteiger charge is -2.07. The Balaban J connectivity index is 2.25. The second-order valence-electron chi connectivity index (χ2n) is 4.64. The molecule has 0 saturated carbocycles. The van der Waals surface area contributed by atoms with Crippen LogP contribution in [0.5, 0.6) is 0 Å².